The van der Waals surface area contributed by atoms with Gasteiger partial charge in [-0.2, -0.15) is 0 Å². The van der Waals surface area contributed by atoms with Crippen LogP contribution in [-0.2, 0) is 11.2 Å². The molecule has 116 valence electrons. The van der Waals surface area contributed by atoms with Crippen LogP contribution in [0.4, 0.5) is 5.69 Å². The second kappa shape index (κ2) is 8.33. The van der Waals surface area contributed by atoms with Gasteiger partial charge in [-0.15, -0.1) is 0 Å². The second-order valence-corrected chi connectivity index (χ2v) is 5.11. The number of benzene rings is 1. The maximum atomic E-state index is 11.0. The van der Waals surface area contributed by atoms with Crippen molar-refractivity contribution in [2.45, 2.75) is 6.42 Å². The summed E-state index contributed by atoms with van der Waals surface area (Å²) >= 11 is 0. The van der Waals surface area contributed by atoms with Crippen molar-refractivity contribution in [1.29, 1.82) is 0 Å². The molecule has 0 atom stereocenters. The Morgan fingerprint density at radius 3 is 2.48 bits per heavy atom. The van der Waals surface area contributed by atoms with E-state index in [4.69, 9.17) is 5.11 Å². The van der Waals surface area contributed by atoms with Crippen molar-refractivity contribution in [3.63, 3.8) is 0 Å². The summed E-state index contributed by atoms with van der Waals surface area (Å²) in [7, 11) is 3.84. The lowest BCUT2D eigenvalue weighted by molar-refractivity contribution is -0.385. The standard InChI is InChI=1S/C14H21N3O4/c1-15(2)9-10-16(11-14(18)19)8-7-12-5-3-4-6-13(12)17(20)21/h3-6H,7-11H2,1-2H3,(H,18,19). The molecule has 7 heteroatoms. The highest BCUT2D eigenvalue weighted by atomic mass is 16.6. The first kappa shape index (κ1) is 17.1. The predicted octanol–water partition coefficient (Wildman–Crippen LogP) is 1.09. The minimum Gasteiger partial charge on any atom is -0.480 e. The third-order valence-electron chi connectivity index (χ3n) is 3.11. The van der Waals surface area contributed by atoms with Gasteiger partial charge in [-0.3, -0.25) is 19.8 Å². The minimum absolute atomic E-state index is 0.0610. The summed E-state index contributed by atoms with van der Waals surface area (Å²) in [6, 6.07) is 6.56. The maximum absolute atomic E-state index is 11.0. The van der Waals surface area contributed by atoms with Crippen molar-refractivity contribution in [1.82, 2.24) is 9.80 Å². The fourth-order valence-corrected chi connectivity index (χ4v) is 1.98. The number of nitro groups is 1. The van der Waals surface area contributed by atoms with Crippen LogP contribution >= 0.6 is 0 Å². The average molecular weight is 295 g/mol. The van der Waals surface area contributed by atoms with E-state index in [1.165, 1.54) is 6.07 Å². The lowest BCUT2D eigenvalue weighted by atomic mass is 10.1. The van der Waals surface area contributed by atoms with Gasteiger partial charge in [-0.05, 0) is 20.5 Å². The summed E-state index contributed by atoms with van der Waals surface area (Å²) in [5, 5.41) is 19.9. The molecule has 1 rings (SSSR count). The van der Waals surface area contributed by atoms with Crippen LogP contribution in [0.2, 0.25) is 0 Å². The van der Waals surface area contributed by atoms with Gasteiger partial charge >= 0.3 is 5.97 Å². The Kier molecular flexibility index (Phi) is 6.77. The zero-order valence-corrected chi connectivity index (χ0v) is 12.4. The number of hydrogen-bond acceptors (Lipinski definition) is 5. The summed E-state index contributed by atoms with van der Waals surface area (Å²) in [5.41, 5.74) is 0.711. The fourth-order valence-electron chi connectivity index (χ4n) is 1.98. The molecular formula is C14H21N3O4. The van der Waals surface area contributed by atoms with Crippen LogP contribution in [0.3, 0.4) is 0 Å². The van der Waals surface area contributed by atoms with Crippen LogP contribution in [0.25, 0.3) is 0 Å². The topological polar surface area (TPSA) is 86.9 Å². The first-order valence-corrected chi connectivity index (χ1v) is 6.71. The monoisotopic (exact) mass is 295 g/mol. The molecule has 1 N–H and O–H groups in total. The van der Waals surface area contributed by atoms with Crippen LogP contribution < -0.4 is 0 Å². The molecule has 0 radical (unpaired) electrons. The van der Waals surface area contributed by atoms with E-state index < -0.39 is 10.9 Å². The Bertz CT molecular complexity index is 491. The number of hydrogen-bond donors (Lipinski definition) is 1. The van der Waals surface area contributed by atoms with Crippen molar-refractivity contribution >= 4 is 11.7 Å². The molecular weight excluding hydrogens is 274 g/mol. The van der Waals surface area contributed by atoms with Crippen LogP contribution in [0.5, 0.6) is 0 Å². The van der Waals surface area contributed by atoms with E-state index in [0.29, 0.717) is 25.1 Å². The lowest BCUT2D eigenvalue weighted by Gasteiger charge is -2.22. The highest BCUT2D eigenvalue weighted by molar-refractivity contribution is 5.69. The number of aliphatic carboxylic acids is 1. The number of nitrogens with zero attached hydrogens (tertiary/aromatic N) is 3. The third kappa shape index (κ3) is 6.33. The summed E-state index contributed by atoms with van der Waals surface area (Å²) in [6.07, 6.45) is 0.456. The molecule has 0 bridgehead atoms. The van der Waals surface area contributed by atoms with Gasteiger partial charge in [0.05, 0.1) is 11.5 Å². The van der Waals surface area contributed by atoms with Gasteiger partial charge < -0.3 is 10.0 Å². The number of rotatable bonds is 9. The summed E-state index contributed by atoms with van der Waals surface area (Å²) in [4.78, 5) is 25.2. The van der Waals surface area contributed by atoms with E-state index in [1.54, 1.807) is 23.1 Å². The number of carboxylic acid groups (broad SMARTS) is 1. The number of para-hydroxylation sites is 1. The van der Waals surface area contributed by atoms with Gasteiger partial charge in [0.1, 0.15) is 0 Å². The molecule has 0 aliphatic heterocycles. The number of nitro benzene ring substituents is 1. The zero-order valence-electron chi connectivity index (χ0n) is 12.4. The lowest BCUT2D eigenvalue weighted by Crippen LogP contribution is -2.37. The molecule has 1 aromatic rings. The normalized spacial score (nSPS) is 11.0. The Morgan fingerprint density at radius 1 is 1.24 bits per heavy atom. The Balaban J connectivity index is 2.67. The Hall–Kier alpha value is -1.99. The van der Waals surface area contributed by atoms with Crippen molar-refractivity contribution < 1.29 is 14.8 Å². The van der Waals surface area contributed by atoms with Gasteiger partial charge in [-0.25, -0.2) is 0 Å². The van der Waals surface area contributed by atoms with E-state index in [9.17, 15) is 14.9 Å². The first-order valence-electron chi connectivity index (χ1n) is 6.71. The molecule has 0 aliphatic carbocycles. The summed E-state index contributed by atoms with van der Waals surface area (Å²) in [5.74, 6) is -0.892. The number of carboxylic acids is 1. The molecule has 0 aromatic heterocycles. The van der Waals surface area contributed by atoms with Crippen molar-refractivity contribution in [3.05, 3.63) is 39.9 Å². The largest absolute Gasteiger partial charge is 0.480 e. The molecule has 0 heterocycles. The van der Waals surface area contributed by atoms with E-state index >= 15 is 0 Å². The molecule has 0 saturated carbocycles. The van der Waals surface area contributed by atoms with Crippen LogP contribution in [0.15, 0.2) is 24.3 Å². The Labute approximate surface area is 123 Å². The molecule has 0 fully saturated rings. The van der Waals surface area contributed by atoms with E-state index in [2.05, 4.69) is 0 Å². The highest BCUT2D eigenvalue weighted by Gasteiger charge is 2.15. The van der Waals surface area contributed by atoms with Crippen LogP contribution in [-0.4, -0.2) is 66.1 Å². The molecule has 21 heavy (non-hydrogen) atoms. The second-order valence-electron chi connectivity index (χ2n) is 5.11. The van der Waals surface area contributed by atoms with Gasteiger partial charge in [0.2, 0.25) is 0 Å². The van der Waals surface area contributed by atoms with Crippen molar-refractivity contribution in [3.8, 4) is 0 Å². The average Bonchev–Trinajstić information content (AvgIpc) is 2.41. The molecule has 0 saturated heterocycles. The predicted molar refractivity (Wildman–Crippen MR) is 79.4 cm³/mol. The van der Waals surface area contributed by atoms with E-state index in [0.717, 1.165) is 6.54 Å². The fraction of sp³-hybridized carbons (Fsp3) is 0.500. The number of carbonyl (C=O) groups is 1. The molecule has 0 unspecified atom stereocenters. The van der Waals surface area contributed by atoms with Gasteiger partial charge in [-0.1, -0.05) is 18.2 Å². The zero-order chi connectivity index (χ0) is 15.8. The Morgan fingerprint density at radius 2 is 1.90 bits per heavy atom. The molecule has 1 aromatic carbocycles. The molecule has 0 amide bonds. The van der Waals surface area contributed by atoms with Gasteiger partial charge in [0.25, 0.3) is 5.69 Å². The number of likely N-dealkylation sites (N-methyl/N-ethyl adjacent to an activating group) is 1. The SMILES string of the molecule is CN(C)CCN(CCc1ccccc1[N+](=O)[O-])CC(=O)O. The smallest absolute Gasteiger partial charge is 0.317 e. The van der Waals surface area contributed by atoms with Gasteiger partial charge in [0, 0.05) is 31.3 Å². The van der Waals surface area contributed by atoms with E-state index in [1.807, 2.05) is 19.0 Å². The summed E-state index contributed by atoms with van der Waals surface area (Å²) in [6.45, 7) is 1.77. The summed E-state index contributed by atoms with van der Waals surface area (Å²) < 4.78 is 0. The van der Waals surface area contributed by atoms with Crippen molar-refractivity contribution in [2.24, 2.45) is 0 Å². The molecule has 7 nitrogen and oxygen atoms in total. The van der Waals surface area contributed by atoms with Crippen LogP contribution in [0, 0.1) is 10.1 Å². The van der Waals surface area contributed by atoms with Gasteiger partial charge in [0.15, 0.2) is 0 Å². The van der Waals surface area contributed by atoms with E-state index in [-0.39, 0.29) is 12.2 Å². The third-order valence-corrected chi connectivity index (χ3v) is 3.11. The maximum Gasteiger partial charge on any atom is 0.317 e. The van der Waals surface area contributed by atoms with Crippen LogP contribution in [0.1, 0.15) is 5.56 Å². The van der Waals surface area contributed by atoms with Crippen molar-refractivity contribution in [2.75, 3.05) is 40.3 Å². The highest BCUT2D eigenvalue weighted by Crippen LogP contribution is 2.18. The minimum atomic E-state index is -0.892. The first-order chi connectivity index (χ1) is 9.90. The molecule has 0 spiro atoms. The molecule has 0 aliphatic rings. The quantitative estimate of drug-likeness (QED) is 0.542.